The summed E-state index contributed by atoms with van der Waals surface area (Å²) in [5, 5.41) is 5.96. The molecule has 110 valence electrons. The van der Waals surface area contributed by atoms with Crippen LogP contribution >= 0.6 is 0 Å². The minimum atomic E-state index is -0.00641. The molecule has 2 rings (SSSR count). The van der Waals surface area contributed by atoms with Crippen LogP contribution in [0.5, 0.6) is 0 Å². The van der Waals surface area contributed by atoms with E-state index >= 15 is 0 Å². The van der Waals surface area contributed by atoms with Gasteiger partial charge in [-0.25, -0.2) is 4.98 Å². The molecule has 1 aliphatic rings. The SMILES string of the molecule is CNc1cc(C(=O)NCCC2CCC(C)CC2)ccn1. The number of amides is 1. The first-order valence-corrected chi connectivity index (χ1v) is 7.61. The molecule has 4 heteroatoms. The van der Waals surface area contributed by atoms with Gasteiger partial charge in [0, 0.05) is 25.4 Å². The first-order valence-electron chi connectivity index (χ1n) is 7.61. The molecular formula is C16H25N3O. The van der Waals surface area contributed by atoms with Gasteiger partial charge in [-0.15, -0.1) is 0 Å². The van der Waals surface area contributed by atoms with Crippen LogP contribution in [0.3, 0.4) is 0 Å². The van der Waals surface area contributed by atoms with Gasteiger partial charge in [0.25, 0.3) is 5.91 Å². The normalized spacial score (nSPS) is 22.3. The molecular weight excluding hydrogens is 250 g/mol. The fourth-order valence-corrected chi connectivity index (χ4v) is 2.82. The fourth-order valence-electron chi connectivity index (χ4n) is 2.82. The lowest BCUT2D eigenvalue weighted by Gasteiger charge is -2.26. The summed E-state index contributed by atoms with van der Waals surface area (Å²) in [5.41, 5.74) is 0.668. The summed E-state index contributed by atoms with van der Waals surface area (Å²) >= 11 is 0. The zero-order chi connectivity index (χ0) is 14.4. The molecule has 1 amide bonds. The van der Waals surface area contributed by atoms with Gasteiger partial charge in [0.05, 0.1) is 0 Å². The van der Waals surface area contributed by atoms with Gasteiger partial charge >= 0.3 is 0 Å². The van der Waals surface area contributed by atoms with Gasteiger partial charge in [-0.1, -0.05) is 32.6 Å². The molecule has 4 nitrogen and oxygen atoms in total. The maximum atomic E-state index is 12.0. The number of nitrogens with zero attached hydrogens (tertiary/aromatic N) is 1. The van der Waals surface area contributed by atoms with Gasteiger partial charge in [0.1, 0.15) is 5.82 Å². The minimum Gasteiger partial charge on any atom is -0.373 e. The second-order valence-electron chi connectivity index (χ2n) is 5.85. The molecule has 1 saturated carbocycles. The van der Waals surface area contributed by atoms with Crippen molar-refractivity contribution in [1.82, 2.24) is 10.3 Å². The van der Waals surface area contributed by atoms with Crippen molar-refractivity contribution in [3.05, 3.63) is 23.9 Å². The molecule has 0 radical (unpaired) electrons. The van der Waals surface area contributed by atoms with E-state index in [-0.39, 0.29) is 5.91 Å². The number of carbonyl (C=O) groups excluding carboxylic acids is 1. The number of hydrogen-bond donors (Lipinski definition) is 2. The van der Waals surface area contributed by atoms with Crippen LogP contribution in [0.25, 0.3) is 0 Å². The van der Waals surface area contributed by atoms with Gasteiger partial charge in [-0.3, -0.25) is 4.79 Å². The summed E-state index contributed by atoms with van der Waals surface area (Å²) in [7, 11) is 1.80. The average Bonchev–Trinajstić information content (AvgIpc) is 2.49. The molecule has 1 aliphatic carbocycles. The Hall–Kier alpha value is -1.58. The third-order valence-electron chi connectivity index (χ3n) is 4.25. The maximum absolute atomic E-state index is 12.0. The Bertz CT molecular complexity index is 439. The molecule has 0 saturated heterocycles. The number of aromatic nitrogens is 1. The Morgan fingerprint density at radius 3 is 2.80 bits per heavy atom. The average molecular weight is 275 g/mol. The Morgan fingerprint density at radius 1 is 1.35 bits per heavy atom. The lowest BCUT2D eigenvalue weighted by atomic mass is 9.81. The van der Waals surface area contributed by atoms with E-state index < -0.39 is 0 Å². The van der Waals surface area contributed by atoms with Crippen LogP contribution in [0.2, 0.25) is 0 Å². The number of anilines is 1. The number of hydrogen-bond acceptors (Lipinski definition) is 3. The van der Waals surface area contributed by atoms with Gasteiger partial charge in [-0.2, -0.15) is 0 Å². The first kappa shape index (κ1) is 14.8. The summed E-state index contributed by atoms with van der Waals surface area (Å²) in [6.45, 7) is 3.11. The molecule has 0 bridgehead atoms. The fraction of sp³-hybridized carbons (Fsp3) is 0.625. The van der Waals surface area contributed by atoms with E-state index in [1.54, 1.807) is 25.4 Å². The summed E-state index contributed by atoms with van der Waals surface area (Å²) in [4.78, 5) is 16.1. The van der Waals surface area contributed by atoms with Crippen molar-refractivity contribution in [2.24, 2.45) is 11.8 Å². The highest BCUT2D eigenvalue weighted by atomic mass is 16.1. The van der Waals surface area contributed by atoms with Crippen LogP contribution in [0, 0.1) is 11.8 Å². The molecule has 0 atom stereocenters. The predicted molar refractivity (Wildman–Crippen MR) is 81.9 cm³/mol. The van der Waals surface area contributed by atoms with Crippen molar-refractivity contribution in [3.63, 3.8) is 0 Å². The van der Waals surface area contributed by atoms with E-state index in [4.69, 9.17) is 0 Å². The summed E-state index contributed by atoms with van der Waals surface area (Å²) in [6.07, 6.45) is 8.07. The monoisotopic (exact) mass is 275 g/mol. The first-order chi connectivity index (χ1) is 9.69. The van der Waals surface area contributed by atoms with E-state index in [2.05, 4.69) is 22.5 Å². The number of carbonyl (C=O) groups is 1. The second kappa shape index (κ2) is 7.27. The highest BCUT2D eigenvalue weighted by molar-refractivity contribution is 5.94. The van der Waals surface area contributed by atoms with Crippen LogP contribution in [-0.4, -0.2) is 24.5 Å². The minimum absolute atomic E-state index is 0.00641. The molecule has 0 aliphatic heterocycles. The number of nitrogens with one attached hydrogen (secondary N) is 2. The third kappa shape index (κ3) is 4.22. The molecule has 0 aromatic carbocycles. The number of rotatable bonds is 5. The second-order valence-corrected chi connectivity index (χ2v) is 5.85. The lowest BCUT2D eigenvalue weighted by molar-refractivity contribution is 0.0949. The van der Waals surface area contributed by atoms with Crippen LogP contribution < -0.4 is 10.6 Å². The largest absolute Gasteiger partial charge is 0.373 e. The van der Waals surface area contributed by atoms with Gasteiger partial charge in [0.2, 0.25) is 0 Å². The van der Waals surface area contributed by atoms with Gasteiger partial charge in [-0.05, 0) is 30.4 Å². The van der Waals surface area contributed by atoms with Crippen molar-refractivity contribution in [3.8, 4) is 0 Å². The standard InChI is InChI=1S/C16H25N3O/c1-12-3-5-13(6-4-12)7-9-19-16(20)14-8-10-18-15(11-14)17-2/h8,10-13H,3-7,9H2,1-2H3,(H,17,18)(H,19,20). The Labute approximate surface area is 121 Å². The Balaban J connectivity index is 1.74. The van der Waals surface area contributed by atoms with Crippen molar-refractivity contribution in [2.75, 3.05) is 18.9 Å². The zero-order valence-electron chi connectivity index (χ0n) is 12.5. The van der Waals surface area contributed by atoms with Crippen molar-refractivity contribution in [1.29, 1.82) is 0 Å². The molecule has 1 fully saturated rings. The molecule has 0 unspecified atom stereocenters. The Morgan fingerprint density at radius 2 is 2.10 bits per heavy atom. The van der Waals surface area contributed by atoms with Crippen LogP contribution in [0.4, 0.5) is 5.82 Å². The summed E-state index contributed by atoms with van der Waals surface area (Å²) in [6, 6.07) is 3.52. The summed E-state index contributed by atoms with van der Waals surface area (Å²) < 4.78 is 0. The van der Waals surface area contributed by atoms with Crippen LogP contribution in [-0.2, 0) is 0 Å². The molecule has 1 aromatic heterocycles. The maximum Gasteiger partial charge on any atom is 0.251 e. The lowest BCUT2D eigenvalue weighted by Crippen LogP contribution is -2.27. The topological polar surface area (TPSA) is 54.0 Å². The van der Waals surface area contributed by atoms with Crippen LogP contribution in [0.15, 0.2) is 18.3 Å². The predicted octanol–water partition coefficient (Wildman–Crippen LogP) is 3.07. The smallest absolute Gasteiger partial charge is 0.251 e. The van der Waals surface area contributed by atoms with E-state index in [1.165, 1.54) is 25.7 Å². The van der Waals surface area contributed by atoms with Crippen molar-refractivity contribution < 1.29 is 4.79 Å². The molecule has 2 N–H and O–H groups in total. The number of pyridine rings is 1. The van der Waals surface area contributed by atoms with E-state index in [9.17, 15) is 4.79 Å². The molecule has 0 spiro atoms. The quantitative estimate of drug-likeness (QED) is 0.868. The highest BCUT2D eigenvalue weighted by Crippen LogP contribution is 2.29. The van der Waals surface area contributed by atoms with Crippen LogP contribution in [0.1, 0.15) is 49.4 Å². The van der Waals surface area contributed by atoms with Gasteiger partial charge < -0.3 is 10.6 Å². The van der Waals surface area contributed by atoms with E-state index in [0.29, 0.717) is 5.56 Å². The van der Waals surface area contributed by atoms with Crippen molar-refractivity contribution >= 4 is 11.7 Å². The Kier molecular flexibility index (Phi) is 5.39. The third-order valence-corrected chi connectivity index (χ3v) is 4.25. The molecule has 1 aromatic rings. The van der Waals surface area contributed by atoms with E-state index in [0.717, 1.165) is 30.6 Å². The van der Waals surface area contributed by atoms with E-state index in [1.807, 2.05) is 0 Å². The summed E-state index contributed by atoms with van der Waals surface area (Å²) in [5.74, 6) is 2.39. The molecule has 1 heterocycles. The zero-order valence-corrected chi connectivity index (χ0v) is 12.5. The van der Waals surface area contributed by atoms with Gasteiger partial charge in [0.15, 0.2) is 0 Å². The highest BCUT2D eigenvalue weighted by Gasteiger charge is 2.18. The molecule has 20 heavy (non-hydrogen) atoms. The van der Waals surface area contributed by atoms with Crippen molar-refractivity contribution in [2.45, 2.75) is 39.0 Å².